The fourth-order valence-electron chi connectivity index (χ4n) is 1.81. The molecule has 0 unspecified atom stereocenters. The molecule has 20 heavy (non-hydrogen) atoms. The van der Waals surface area contributed by atoms with Crippen molar-refractivity contribution in [2.24, 2.45) is 0 Å². The van der Waals surface area contributed by atoms with Gasteiger partial charge >= 0.3 is 5.97 Å². The van der Waals surface area contributed by atoms with E-state index in [1.165, 1.54) is 0 Å². The van der Waals surface area contributed by atoms with Crippen molar-refractivity contribution in [2.45, 2.75) is 26.7 Å². The molecular weight excluding hydrogens is 278 g/mol. The third kappa shape index (κ3) is 3.02. The fourth-order valence-corrected chi connectivity index (χ4v) is 2.00. The van der Waals surface area contributed by atoms with Gasteiger partial charge in [0.15, 0.2) is 0 Å². The normalized spacial score (nSPS) is 10.8. The lowest BCUT2D eigenvalue weighted by Gasteiger charge is -2.02. The zero-order valence-electron chi connectivity index (χ0n) is 11.6. The number of carbonyl (C=O) groups is 1. The summed E-state index contributed by atoms with van der Waals surface area (Å²) in [5.74, 6) is 0.110. The summed E-state index contributed by atoms with van der Waals surface area (Å²) in [7, 11) is 0. The first kappa shape index (κ1) is 14.6. The van der Waals surface area contributed by atoms with Crippen LogP contribution in [0.3, 0.4) is 0 Å². The molecule has 1 heterocycles. The molecule has 1 aromatic carbocycles. The first-order valence-electron chi connectivity index (χ1n) is 6.46. The third-order valence-corrected chi connectivity index (χ3v) is 2.97. The number of aromatic nitrogens is 1. The van der Waals surface area contributed by atoms with Crippen LogP contribution in [0.25, 0.3) is 11.5 Å². The van der Waals surface area contributed by atoms with Crippen LogP contribution in [-0.2, 0) is 4.74 Å². The highest BCUT2D eigenvalue weighted by molar-refractivity contribution is 6.30. The quantitative estimate of drug-likeness (QED) is 0.789. The van der Waals surface area contributed by atoms with Crippen LogP contribution in [0.15, 0.2) is 28.7 Å². The molecule has 0 aliphatic heterocycles. The predicted octanol–water partition coefficient (Wildman–Crippen LogP) is 4.30. The van der Waals surface area contributed by atoms with Gasteiger partial charge in [0.2, 0.25) is 11.7 Å². The monoisotopic (exact) mass is 293 g/mol. The van der Waals surface area contributed by atoms with Gasteiger partial charge in [0.05, 0.1) is 12.3 Å². The van der Waals surface area contributed by atoms with Crippen LogP contribution in [0.2, 0.25) is 5.02 Å². The van der Waals surface area contributed by atoms with E-state index in [-0.39, 0.29) is 11.7 Å². The van der Waals surface area contributed by atoms with E-state index in [1.54, 1.807) is 25.1 Å². The van der Waals surface area contributed by atoms with Crippen molar-refractivity contribution in [3.05, 3.63) is 40.7 Å². The Labute approximate surface area is 122 Å². The largest absolute Gasteiger partial charge is 0.460 e. The van der Waals surface area contributed by atoms with Crippen LogP contribution in [0.1, 0.15) is 42.9 Å². The summed E-state index contributed by atoms with van der Waals surface area (Å²) in [6.07, 6.45) is 0. The van der Waals surface area contributed by atoms with Crippen LogP contribution in [0, 0.1) is 0 Å². The lowest BCUT2D eigenvalue weighted by atomic mass is 10.1. The van der Waals surface area contributed by atoms with E-state index in [2.05, 4.69) is 4.98 Å². The lowest BCUT2D eigenvalue weighted by Crippen LogP contribution is -2.07. The molecule has 0 saturated carbocycles. The minimum Gasteiger partial charge on any atom is -0.460 e. The zero-order valence-corrected chi connectivity index (χ0v) is 12.4. The Morgan fingerprint density at radius 1 is 1.45 bits per heavy atom. The van der Waals surface area contributed by atoms with Crippen molar-refractivity contribution in [3.8, 4) is 11.5 Å². The highest BCUT2D eigenvalue weighted by Gasteiger charge is 2.24. The Bertz CT molecular complexity index is 619. The van der Waals surface area contributed by atoms with Crippen molar-refractivity contribution in [3.63, 3.8) is 0 Å². The fraction of sp³-hybridized carbons (Fsp3) is 0.333. The van der Waals surface area contributed by atoms with E-state index in [0.717, 1.165) is 5.56 Å². The molecule has 2 rings (SSSR count). The molecule has 4 nitrogen and oxygen atoms in total. The molecule has 2 aromatic rings. The van der Waals surface area contributed by atoms with Gasteiger partial charge in [-0.25, -0.2) is 9.78 Å². The van der Waals surface area contributed by atoms with Crippen molar-refractivity contribution in [1.82, 2.24) is 4.98 Å². The summed E-state index contributed by atoms with van der Waals surface area (Å²) in [6.45, 7) is 5.94. The second-order valence-electron chi connectivity index (χ2n) is 4.62. The summed E-state index contributed by atoms with van der Waals surface area (Å²) in [4.78, 5) is 16.3. The van der Waals surface area contributed by atoms with Gasteiger partial charge in [-0.2, -0.15) is 0 Å². The maximum atomic E-state index is 11.9. The maximum absolute atomic E-state index is 11.9. The standard InChI is InChI=1S/C15H16ClNO3/c1-4-19-15(18)13-12(9(2)3)17-14(20-13)10-6-5-7-11(16)8-10/h5-9H,4H2,1-3H3. The average molecular weight is 294 g/mol. The number of benzene rings is 1. The SMILES string of the molecule is CCOC(=O)c1oc(-c2cccc(Cl)c2)nc1C(C)C. The molecule has 0 radical (unpaired) electrons. The minimum atomic E-state index is -0.489. The second-order valence-corrected chi connectivity index (χ2v) is 5.06. The van der Waals surface area contributed by atoms with E-state index in [4.69, 9.17) is 20.8 Å². The molecule has 0 amide bonds. The molecule has 0 aliphatic rings. The average Bonchev–Trinajstić information content (AvgIpc) is 2.84. The molecule has 1 aromatic heterocycles. The molecule has 0 fully saturated rings. The van der Waals surface area contributed by atoms with Gasteiger partial charge in [-0.15, -0.1) is 0 Å². The maximum Gasteiger partial charge on any atom is 0.376 e. The Morgan fingerprint density at radius 2 is 2.20 bits per heavy atom. The van der Waals surface area contributed by atoms with E-state index >= 15 is 0 Å². The topological polar surface area (TPSA) is 52.3 Å². The molecule has 5 heteroatoms. The van der Waals surface area contributed by atoms with Crippen LogP contribution >= 0.6 is 11.6 Å². The molecule has 0 saturated heterocycles. The molecule has 0 spiro atoms. The smallest absolute Gasteiger partial charge is 0.376 e. The van der Waals surface area contributed by atoms with Gasteiger partial charge in [-0.3, -0.25) is 0 Å². The van der Waals surface area contributed by atoms with E-state index < -0.39 is 5.97 Å². The van der Waals surface area contributed by atoms with Gasteiger partial charge in [0, 0.05) is 10.6 Å². The van der Waals surface area contributed by atoms with Gasteiger partial charge in [0.1, 0.15) is 0 Å². The molecule has 106 valence electrons. The summed E-state index contributed by atoms with van der Waals surface area (Å²) in [6, 6.07) is 7.15. The molecular formula is C15H16ClNO3. The Balaban J connectivity index is 2.46. The number of ether oxygens (including phenoxy) is 1. The number of carbonyl (C=O) groups excluding carboxylic acids is 1. The number of halogens is 1. The van der Waals surface area contributed by atoms with Gasteiger partial charge in [-0.1, -0.05) is 31.5 Å². The number of oxazole rings is 1. The van der Waals surface area contributed by atoms with E-state index in [1.807, 2.05) is 19.9 Å². The number of rotatable bonds is 4. The van der Waals surface area contributed by atoms with Gasteiger partial charge < -0.3 is 9.15 Å². The minimum absolute atomic E-state index is 0.0612. The highest BCUT2D eigenvalue weighted by atomic mass is 35.5. The zero-order chi connectivity index (χ0) is 14.7. The lowest BCUT2D eigenvalue weighted by molar-refractivity contribution is 0.0488. The van der Waals surface area contributed by atoms with E-state index in [0.29, 0.717) is 23.2 Å². The Kier molecular flexibility index (Phi) is 4.45. The van der Waals surface area contributed by atoms with Crippen LogP contribution < -0.4 is 0 Å². The summed E-state index contributed by atoms with van der Waals surface area (Å²) >= 11 is 5.96. The Morgan fingerprint density at radius 3 is 2.80 bits per heavy atom. The second kappa shape index (κ2) is 6.09. The highest BCUT2D eigenvalue weighted by Crippen LogP contribution is 2.28. The first-order valence-corrected chi connectivity index (χ1v) is 6.84. The molecule has 0 aliphatic carbocycles. The van der Waals surface area contributed by atoms with Crippen molar-refractivity contribution in [2.75, 3.05) is 6.61 Å². The number of hydrogen-bond acceptors (Lipinski definition) is 4. The van der Waals surface area contributed by atoms with Crippen LogP contribution in [0.5, 0.6) is 0 Å². The molecule has 0 bridgehead atoms. The number of nitrogens with zero attached hydrogens (tertiary/aromatic N) is 1. The summed E-state index contributed by atoms with van der Waals surface area (Å²) in [5.41, 5.74) is 1.33. The predicted molar refractivity (Wildman–Crippen MR) is 77.0 cm³/mol. The van der Waals surface area contributed by atoms with Crippen LogP contribution in [-0.4, -0.2) is 17.6 Å². The number of esters is 1. The summed E-state index contributed by atoms with van der Waals surface area (Å²) in [5, 5.41) is 0.587. The summed E-state index contributed by atoms with van der Waals surface area (Å²) < 4.78 is 10.6. The Hall–Kier alpha value is -1.81. The van der Waals surface area contributed by atoms with Gasteiger partial charge in [-0.05, 0) is 31.0 Å². The third-order valence-electron chi connectivity index (χ3n) is 2.73. The first-order chi connectivity index (χ1) is 9.52. The molecule has 0 N–H and O–H groups in total. The van der Waals surface area contributed by atoms with Crippen molar-refractivity contribution in [1.29, 1.82) is 0 Å². The molecule has 0 atom stereocenters. The number of hydrogen-bond donors (Lipinski definition) is 0. The van der Waals surface area contributed by atoms with Crippen molar-refractivity contribution >= 4 is 17.6 Å². The van der Waals surface area contributed by atoms with Crippen molar-refractivity contribution < 1.29 is 13.9 Å². The van der Waals surface area contributed by atoms with Gasteiger partial charge in [0.25, 0.3) is 0 Å². The van der Waals surface area contributed by atoms with Crippen LogP contribution in [0.4, 0.5) is 0 Å². The van der Waals surface area contributed by atoms with E-state index in [9.17, 15) is 4.79 Å².